The molecule has 3 rings (SSSR count). The molecule has 168 valence electrons. The normalized spacial score (nSPS) is 16.7. The summed E-state index contributed by atoms with van der Waals surface area (Å²) in [7, 11) is -3.50. The Morgan fingerprint density at radius 2 is 1.68 bits per heavy atom. The molecule has 1 N–H and O–H groups in total. The maximum absolute atomic E-state index is 13.0. The molecule has 1 unspecified atom stereocenters. The topological polar surface area (TPSA) is 69.7 Å². The molecule has 2 aromatic carbocycles. The number of piperazine rings is 1. The van der Waals surface area contributed by atoms with E-state index in [2.05, 4.69) is 5.32 Å². The molecule has 0 spiro atoms. The minimum Gasteiger partial charge on any atom is -0.369 e. The van der Waals surface area contributed by atoms with Crippen LogP contribution >= 0.6 is 0 Å². The van der Waals surface area contributed by atoms with Crippen molar-refractivity contribution in [1.29, 1.82) is 0 Å². The SMILES string of the molecule is CC(C(=O)Nc1ccccc1S(C)(=O)=O)N1CCN(c2cccc(C(F)(F)F)c2)CC1. The minimum absolute atomic E-state index is 0.0462. The Kier molecular flexibility index (Phi) is 6.61. The van der Waals surface area contributed by atoms with E-state index in [1.165, 1.54) is 18.2 Å². The third kappa shape index (κ3) is 5.56. The van der Waals surface area contributed by atoms with Gasteiger partial charge in [0.05, 0.1) is 22.2 Å². The lowest BCUT2D eigenvalue weighted by atomic mass is 10.1. The van der Waals surface area contributed by atoms with Gasteiger partial charge in [0, 0.05) is 38.1 Å². The van der Waals surface area contributed by atoms with Crippen molar-refractivity contribution in [1.82, 2.24) is 4.90 Å². The molecular formula is C21H24F3N3O3S. The number of nitrogens with one attached hydrogen (secondary N) is 1. The molecule has 10 heteroatoms. The predicted octanol–water partition coefficient (Wildman–Crippen LogP) is 3.26. The van der Waals surface area contributed by atoms with Gasteiger partial charge in [0.15, 0.2) is 9.84 Å². The number of anilines is 2. The Balaban J connectivity index is 1.63. The summed E-state index contributed by atoms with van der Waals surface area (Å²) in [6.45, 7) is 3.63. The van der Waals surface area contributed by atoms with Gasteiger partial charge in [-0.3, -0.25) is 9.69 Å². The van der Waals surface area contributed by atoms with Crippen LogP contribution < -0.4 is 10.2 Å². The number of halogens is 3. The number of para-hydroxylation sites is 1. The van der Waals surface area contributed by atoms with Crippen molar-refractivity contribution in [3.05, 3.63) is 54.1 Å². The van der Waals surface area contributed by atoms with Gasteiger partial charge in [-0.25, -0.2) is 8.42 Å². The number of hydrogen-bond donors (Lipinski definition) is 1. The number of benzene rings is 2. The van der Waals surface area contributed by atoms with Gasteiger partial charge >= 0.3 is 6.18 Å². The van der Waals surface area contributed by atoms with Gasteiger partial charge in [-0.1, -0.05) is 18.2 Å². The average Bonchev–Trinajstić information content (AvgIpc) is 2.72. The second kappa shape index (κ2) is 8.88. The van der Waals surface area contributed by atoms with Crippen LogP contribution in [0.1, 0.15) is 12.5 Å². The summed E-state index contributed by atoms with van der Waals surface area (Å²) in [5.41, 5.74) is 0.0304. The fraction of sp³-hybridized carbons (Fsp3) is 0.381. The molecule has 31 heavy (non-hydrogen) atoms. The van der Waals surface area contributed by atoms with Crippen LogP contribution in [0.25, 0.3) is 0 Å². The molecule has 0 aliphatic carbocycles. The largest absolute Gasteiger partial charge is 0.416 e. The molecule has 0 radical (unpaired) electrons. The predicted molar refractivity (Wildman–Crippen MR) is 113 cm³/mol. The van der Waals surface area contributed by atoms with E-state index < -0.39 is 27.6 Å². The van der Waals surface area contributed by atoms with Crippen molar-refractivity contribution in [2.24, 2.45) is 0 Å². The highest BCUT2D eigenvalue weighted by Gasteiger charge is 2.32. The summed E-state index contributed by atoms with van der Waals surface area (Å²) >= 11 is 0. The third-order valence-electron chi connectivity index (χ3n) is 5.32. The average molecular weight is 456 g/mol. The van der Waals surface area contributed by atoms with Gasteiger partial charge in [-0.05, 0) is 37.3 Å². The molecule has 0 saturated carbocycles. The molecular weight excluding hydrogens is 431 g/mol. The number of nitrogens with zero attached hydrogens (tertiary/aromatic N) is 2. The first-order valence-electron chi connectivity index (χ1n) is 9.73. The van der Waals surface area contributed by atoms with Gasteiger partial charge in [0.2, 0.25) is 5.91 Å². The lowest BCUT2D eigenvalue weighted by Gasteiger charge is -2.38. The van der Waals surface area contributed by atoms with Crippen molar-refractivity contribution < 1.29 is 26.4 Å². The third-order valence-corrected chi connectivity index (χ3v) is 6.48. The molecule has 1 atom stereocenters. The smallest absolute Gasteiger partial charge is 0.369 e. The molecule has 1 amide bonds. The van der Waals surface area contributed by atoms with Gasteiger partial charge < -0.3 is 10.2 Å². The minimum atomic E-state index is -4.40. The van der Waals surface area contributed by atoms with Crippen LogP contribution in [0.15, 0.2) is 53.4 Å². The Morgan fingerprint density at radius 1 is 1.03 bits per heavy atom. The van der Waals surface area contributed by atoms with Crippen LogP contribution in [0.2, 0.25) is 0 Å². The van der Waals surface area contributed by atoms with E-state index in [0.29, 0.717) is 31.9 Å². The number of hydrogen-bond acceptors (Lipinski definition) is 5. The summed E-state index contributed by atoms with van der Waals surface area (Å²) in [5.74, 6) is -0.344. The summed E-state index contributed by atoms with van der Waals surface area (Å²) in [6, 6.07) is 10.9. The number of carbonyl (C=O) groups is 1. The first-order valence-corrected chi connectivity index (χ1v) is 11.6. The van der Waals surface area contributed by atoms with Crippen LogP contribution in [-0.4, -0.2) is 57.7 Å². The molecule has 0 aromatic heterocycles. The molecule has 2 aromatic rings. The van der Waals surface area contributed by atoms with E-state index in [-0.39, 0.29) is 16.5 Å². The maximum Gasteiger partial charge on any atom is 0.416 e. The quantitative estimate of drug-likeness (QED) is 0.750. The van der Waals surface area contributed by atoms with Crippen LogP contribution in [0.5, 0.6) is 0 Å². The number of alkyl halides is 3. The number of sulfone groups is 1. The van der Waals surface area contributed by atoms with Crippen LogP contribution in [0.4, 0.5) is 24.5 Å². The number of carbonyl (C=O) groups excluding carboxylic acids is 1. The fourth-order valence-electron chi connectivity index (χ4n) is 3.54. The first-order chi connectivity index (χ1) is 14.5. The van der Waals surface area contributed by atoms with E-state index in [4.69, 9.17) is 0 Å². The monoisotopic (exact) mass is 455 g/mol. The Labute approximate surface area is 179 Å². The second-order valence-electron chi connectivity index (χ2n) is 7.50. The molecule has 1 heterocycles. The Hall–Kier alpha value is -2.59. The highest BCUT2D eigenvalue weighted by atomic mass is 32.2. The zero-order chi connectivity index (χ0) is 22.8. The summed E-state index contributed by atoms with van der Waals surface area (Å²) in [5, 5.41) is 2.68. The lowest BCUT2D eigenvalue weighted by Crippen LogP contribution is -2.52. The Morgan fingerprint density at radius 3 is 2.29 bits per heavy atom. The van der Waals surface area contributed by atoms with Gasteiger partial charge in [-0.15, -0.1) is 0 Å². The molecule has 1 aliphatic rings. The molecule has 0 bridgehead atoms. The molecule has 1 saturated heterocycles. The summed E-state index contributed by atoms with van der Waals surface area (Å²) < 4.78 is 62.7. The van der Waals surface area contributed by atoms with Gasteiger partial charge in [0.1, 0.15) is 0 Å². The van der Waals surface area contributed by atoms with Crippen LogP contribution in [-0.2, 0) is 20.8 Å². The van der Waals surface area contributed by atoms with E-state index in [0.717, 1.165) is 18.4 Å². The summed E-state index contributed by atoms with van der Waals surface area (Å²) in [6.07, 6.45) is -3.32. The van der Waals surface area contributed by atoms with E-state index in [9.17, 15) is 26.4 Å². The molecule has 1 aliphatic heterocycles. The number of amides is 1. The van der Waals surface area contributed by atoms with Gasteiger partial charge in [0.25, 0.3) is 0 Å². The van der Waals surface area contributed by atoms with Crippen molar-refractivity contribution in [2.45, 2.75) is 24.0 Å². The maximum atomic E-state index is 13.0. The molecule has 1 fully saturated rings. The fourth-order valence-corrected chi connectivity index (χ4v) is 4.39. The van der Waals surface area contributed by atoms with Crippen molar-refractivity contribution >= 4 is 27.1 Å². The lowest BCUT2D eigenvalue weighted by molar-refractivity contribution is -0.137. The summed E-state index contributed by atoms with van der Waals surface area (Å²) in [4.78, 5) is 16.5. The highest BCUT2D eigenvalue weighted by molar-refractivity contribution is 7.90. The van der Waals surface area contributed by atoms with Crippen LogP contribution in [0.3, 0.4) is 0 Å². The van der Waals surface area contributed by atoms with E-state index >= 15 is 0 Å². The van der Waals surface area contributed by atoms with E-state index in [1.54, 1.807) is 25.1 Å². The van der Waals surface area contributed by atoms with E-state index in [1.807, 2.05) is 9.80 Å². The van der Waals surface area contributed by atoms with Crippen molar-refractivity contribution in [3.8, 4) is 0 Å². The zero-order valence-electron chi connectivity index (χ0n) is 17.2. The van der Waals surface area contributed by atoms with Crippen LogP contribution in [0, 0.1) is 0 Å². The van der Waals surface area contributed by atoms with Gasteiger partial charge in [-0.2, -0.15) is 13.2 Å². The standard InChI is InChI=1S/C21H24F3N3O3S/c1-15(20(28)25-18-8-3-4-9-19(18)31(2,29)30)26-10-12-27(13-11-26)17-7-5-6-16(14-17)21(22,23)24/h3-9,14-15H,10-13H2,1-2H3,(H,25,28). The van der Waals surface area contributed by atoms with Crippen molar-refractivity contribution in [3.63, 3.8) is 0 Å². The number of rotatable bonds is 5. The first kappa shape index (κ1) is 23.1. The Bertz CT molecular complexity index is 1050. The van der Waals surface area contributed by atoms with Crippen molar-refractivity contribution in [2.75, 3.05) is 42.7 Å². The zero-order valence-corrected chi connectivity index (χ0v) is 18.0. The second-order valence-corrected chi connectivity index (χ2v) is 9.49. The highest BCUT2D eigenvalue weighted by Crippen LogP contribution is 2.32. The molecule has 6 nitrogen and oxygen atoms in total.